The molecule has 6 nitrogen and oxygen atoms in total. The van der Waals surface area contributed by atoms with Crippen LogP contribution in [-0.2, 0) is 4.79 Å². The molecule has 26 heavy (non-hydrogen) atoms. The van der Waals surface area contributed by atoms with Gasteiger partial charge in [0.2, 0.25) is 11.6 Å². The molecule has 5 rings (SSSR count). The van der Waals surface area contributed by atoms with Gasteiger partial charge in [-0.25, -0.2) is 4.98 Å². The van der Waals surface area contributed by atoms with Crippen LogP contribution >= 0.6 is 0 Å². The first-order valence-corrected chi connectivity index (χ1v) is 9.10. The molecule has 0 spiro atoms. The molecule has 3 heterocycles. The molecule has 6 heteroatoms. The lowest BCUT2D eigenvalue weighted by Crippen LogP contribution is -2.49. The molecular formula is C20H20N4O2. The highest BCUT2D eigenvalue weighted by atomic mass is 16.4. The van der Waals surface area contributed by atoms with Crippen molar-refractivity contribution in [3.63, 3.8) is 0 Å². The highest BCUT2D eigenvalue weighted by Crippen LogP contribution is 2.48. The summed E-state index contributed by atoms with van der Waals surface area (Å²) >= 11 is 0. The second-order valence-electron chi connectivity index (χ2n) is 6.99. The Labute approximate surface area is 151 Å². The minimum absolute atomic E-state index is 0.150. The SMILES string of the molecule is O=C([C@H]1C[C@@H]1c1ccccc1)N1CCN(c2nc3ncccc3o2)CC1. The van der Waals surface area contributed by atoms with Gasteiger partial charge in [0, 0.05) is 38.3 Å². The smallest absolute Gasteiger partial charge is 0.300 e. The number of oxazole rings is 1. The molecule has 1 saturated heterocycles. The van der Waals surface area contributed by atoms with Crippen LogP contribution in [0.25, 0.3) is 11.2 Å². The zero-order valence-electron chi connectivity index (χ0n) is 14.4. The second-order valence-corrected chi connectivity index (χ2v) is 6.99. The maximum atomic E-state index is 12.8. The molecule has 2 fully saturated rings. The number of piperazine rings is 1. The summed E-state index contributed by atoms with van der Waals surface area (Å²) in [6.45, 7) is 2.90. The molecule has 2 aliphatic rings. The van der Waals surface area contributed by atoms with Gasteiger partial charge >= 0.3 is 0 Å². The van der Waals surface area contributed by atoms with Crippen LogP contribution in [-0.4, -0.2) is 47.0 Å². The zero-order valence-corrected chi connectivity index (χ0v) is 14.4. The first kappa shape index (κ1) is 15.4. The van der Waals surface area contributed by atoms with E-state index in [0.717, 1.165) is 19.5 Å². The lowest BCUT2D eigenvalue weighted by molar-refractivity contribution is -0.133. The van der Waals surface area contributed by atoms with E-state index < -0.39 is 0 Å². The van der Waals surface area contributed by atoms with Crippen LogP contribution in [0.4, 0.5) is 6.01 Å². The predicted octanol–water partition coefficient (Wildman–Crippen LogP) is 2.68. The number of carbonyl (C=O) groups is 1. The number of pyridine rings is 1. The van der Waals surface area contributed by atoms with Crippen LogP contribution in [0.2, 0.25) is 0 Å². The van der Waals surface area contributed by atoms with Gasteiger partial charge in [-0.3, -0.25) is 4.79 Å². The lowest BCUT2D eigenvalue weighted by Gasteiger charge is -2.34. The number of carbonyl (C=O) groups excluding carboxylic acids is 1. The summed E-state index contributed by atoms with van der Waals surface area (Å²) < 4.78 is 5.79. The first-order valence-electron chi connectivity index (χ1n) is 9.10. The number of hydrogen-bond acceptors (Lipinski definition) is 5. The number of benzene rings is 1. The van der Waals surface area contributed by atoms with E-state index in [-0.39, 0.29) is 11.8 Å². The normalized spacial score (nSPS) is 22.6. The fraction of sp³-hybridized carbons (Fsp3) is 0.350. The summed E-state index contributed by atoms with van der Waals surface area (Å²) in [5, 5.41) is 0. The molecule has 1 saturated carbocycles. The van der Waals surface area contributed by atoms with Gasteiger partial charge in [0.05, 0.1) is 0 Å². The van der Waals surface area contributed by atoms with Crippen LogP contribution in [0.15, 0.2) is 53.1 Å². The van der Waals surface area contributed by atoms with Crippen molar-refractivity contribution < 1.29 is 9.21 Å². The van der Waals surface area contributed by atoms with Crippen LogP contribution in [0.5, 0.6) is 0 Å². The maximum absolute atomic E-state index is 12.8. The Morgan fingerprint density at radius 3 is 2.62 bits per heavy atom. The molecule has 0 unspecified atom stereocenters. The van der Waals surface area contributed by atoms with E-state index in [4.69, 9.17) is 4.42 Å². The van der Waals surface area contributed by atoms with Gasteiger partial charge < -0.3 is 14.2 Å². The van der Waals surface area contributed by atoms with E-state index in [2.05, 4.69) is 27.0 Å². The third-order valence-corrected chi connectivity index (χ3v) is 5.35. The highest BCUT2D eigenvalue weighted by molar-refractivity contribution is 5.83. The Hall–Kier alpha value is -2.89. The molecular weight excluding hydrogens is 328 g/mol. The van der Waals surface area contributed by atoms with E-state index in [1.165, 1.54) is 5.56 Å². The molecule has 1 amide bonds. The number of anilines is 1. The average molecular weight is 348 g/mol. The van der Waals surface area contributed by atoms with E-state index in [1.54, 1.807) is 6.20 Å². The van der Waals surface area contributed by atoms with Crippen LogP contribution in [0.3, 0.4) is 0 Å². The molecule has 132 valence electrons. The Kier molecular flexibility index (Phi) is 3.62. The zero-order chi connectivity index (χ0) is 17.5. The molecule has 1 aliphatic heterocycles. The van der Waals surface area contributed by atoms with Gasteiger partial charge in [-0.15, -0.1) is 0 Å². The number of hydrogen-bond donors (Lipinski definition) is 0. The number of nitrogens with zero attached hydrogens (tertiary/aromatic N) is 4. The van der Waals surface area contributed by atoms with Crippen molar-refractivity contribution in [1.29, 1.82) is 0 Å². The molecule has 0 radical (unpaired) electrons. The summed E-state index contributed by atoms with van der Waals surface area (Å²) in [4.78, 5) is 25.5. The fourth-order valence-electron chi connectivity index (χ4n) is 3.78. The summed E-state index contributed by atoms with van der Waals surface area (Å²) in [6.07, 6.45) is 2.68. The van der Waals surface area contributed by atoms with Gasteiger partial charge in [0.1, 0.15) is 0 Å². The molecule has 1 aliphatic carbocycles. The molecule has 2 atom stereocenters. The third-order valence-electron chi connectivity index (χ3n) is 5.35. The summed E-state index contributed by atoms with van der Waals surface area (Å²) in [5.74, 6) is 0.833. The van der Waals surface area contributed by atoms with E-state index in [9.17, 15) is 4.79 Å². The second kappa shape index (κ2) is 6.12. The van der Waals surface area contributed by atoms with E-state index in [0.29, 0.717) is 36.3 Å². The standard InChI is InChI=1S/C20H20N4O2/c25-19(16-13-15(16)14-5-2-1-3-6-14)23-9-11-24(12-10-23)20-22-18-17(26-20)7-4-8-21-18/h1-8,15-16H,9-13H2/t15-,16+/m1/s1. The van der Waals surface area contributed by atoms with Crippen LogP contribution < -0.4 is 4.90 Å². The molecule has 0 N–H and O–H groups in total. The number of aromatic nitrogens is 2. The summed E-state index contributed by atoms with van der Waals surface area (Å²) in [5.41, 5.74) is 2.61. The lowest BCUT2D eigenvalue weighted by atomic mass is 10.1. The average Bonchev–Trinajstić information content (AvgIpc) is 3.39. The van der Waals surface area contributed by atoms with Crippen LogP contribution in [0, 0.1) is 5.92 Å². The van der Waals surface area contributed by atoms with Gasteiger partial charge in [0.15, 0.2) is 5.58 Å². The number of amides is 1. The number of fused-ring (bicyclic) bond motifs is 1. The molecule has 0 bridgehead atoms. The van der Waals surface area contributed by atoms with Gasteiger partial charge in [-0.1, -0.05) is 30.3 Å². The van der Waals surface area contributed by atoms with Crippen molar-refractivity contribution in [1.82, 2.24) is 14.9 Å². The molecule has 1 aromatic carbocycles. The van der Waals surface area contributed by atoms with Crippen molar-refractivity contribution in [3.8, 4) is 0 Å². The van der Waals surface area contributed by atoms with Gasteiger partial charge in [-0.2, -0.15) is 4.98 Å². The third kappa shape index (κ3) is 2.71. The molecule has 3 aromatic rings. The summed E-state index contributed by atoms with van der Waals surface area (Å²) in [7, 11) is 0. The summed E-state index contributed by atoms with van der Waals surface area (Å²) in [6, 6.07) is 14.7. The Morgan fingerprint density at radius 1 is 1.04 bits per heavy atom. The maximum Gasteiger partial charge on any atom is 0.300 e. The minimum atomic E-state index is 0.150. The Morgan fingerprint density at radius 2 is 1.85 bits per heavy atom. The largest absolute Gasteiger partial charge is 0.422 e. The van der Waals surface area contributed by atoms with E-state index in [1.807, 2.05) is 35.2 Å². The highest BCUT2D eigenvalue weighted by Gasteiger charge is 2.46. The fourth-order valence-corrected chi connectivity index (χ4v) is 3.78. The Balaban J connectivity index is 1.21. The van der Waals surface area contributed by atoms with Crippen molar-refractivity contribution in [3.05, 3.63) is 54.2 Å². The van der Waals surface area contributed by atoms with Crippen LogP contribution in [0.1, 0.15) is 17.9 Å². The molecule has 2 aromatic heterocycles. The monoisotopic (exact) mass is 348 g/mol. The topological polar surface area (TPSA) is 62.5 Å². The van der Waals surface area contributed by atoms with Crippen molar-refractivity contribution in [2.24, 2.45) is 5.92 Å². The minimum Gasteiger partial charge on any atom is -0.422 e. The van der Waals surface area contributed by atoms with Crippen molar-refractivity contribution >= 4 is 23.2 Å². The number of rotatable bonds is 3. The Bertz CT molecular complexity index is 898. The predicted molar refractivity (Wildman–Crippen MR) is 97.9 cm³/mol. The van der Waals surface area contributed by atoms with Crippen molar-refractivity contribution in [2.45, 2.75) is 12.3 Å². The van der Waals surface area contributed by atoms with Gasteiger partial charge in [0.25, 0.3) is 6.01 Å². The van der Waals surface area contributed by atoms with E-state index >= 15 is 0 Å². The van der Waals surface area contributed by atoms with Crippen molar-refractivity contribution in [2.75, 3.05) is 31.1 Å². The first-order chi connectivity index (χ1) is 12.8. The van der Waals surface area contributed by atoms with Gasteiger partial charge in [-0.05, 0) is 30.0 Å². The quantitative estimate of drug-likeness (QED) is 0.728.